The fourth-order valence-corrected chi connectivity index (χ4v) is 2.93. The standard InChI is InChI=1S/C22H19BrN2O3/c1-15(26)25(2)18-12-10-17(11-13-18)24-22(27)20-8-3-4-9-21(20)28-19-7-5-6-16(23)14-19/h3-14H,1-2H3,(H,24,27). The second-order valence-electron chi connectivity index (χ2n) is 6.13. The van der Waals surface area contributed by atoms with Crippen LogP contribution in [0.3, 0.4) is 0 Å². The summed E-state index contributed by atoms with van der Waals surface area (Å²) < 4.78 is 6.78. The second-order valence-corrected chi connectivity index (χ2v) is 7.05. The smallest absolute Gasteiger partial charge is 0.259 e. The summed E-state index contributed by atoms with van der Waals surface area (Å²) in [7, 11) is 1.70. The Hall–Kier alpha value is -3.12. The Kier molecular flexibility index (Phi) is 6.11. The van der Waals surface area contributed by atoms with Crippen LogP contribution in [0.25, 0.3) is 0 Å². The van der Waals surface area contributed by atoms with Gasteiger partial charge in [0.05, 0.1) is 5.56 Å². The molecule has 0 saturated carbocycles. The van der Waals surface area contributed by atoms with Crippen LogP contribution in [0.1, 0.15) is 17.3 Å². The fourth-order valence-electron chi connectivity index (χ4n) is 2.55. The van der Waals surface area contributed by atoms with Gasteiger partial charge in [0, 0.05) is 29.8 Å². The number of nitrogens with one attached hydrogen (secondary N) is 1. The number of carbonyl (C=O) groups is 2. The third-order valence-electron chi connectivity index (χ3n) is 4.14. The maximum absolute atomic E-state index is 12.8. The summed E-state index contributed by atoms with van der Waals surface area (Å²) in [5.74, 6) is 0.756. The average Bonchev–Trinajstić information content (AvgIpc) is 2.68. The van der Waals surface area contributed by atoms with Gasteiger partial charge in [0.2, 0.25) is 5.91 Å². The van der Waals surface area contributed by atoms with Crippen LogP contribution in [-0.2, 0) is 4.79 Å². The number of anilines is 2. The molecular formula is C22H19BrN2O3. The van der Waals surface area contributed by atoms with Gasteiger partial charge >= 0.3 is 0 Å². The van der Waals surface area contributed by atoms with Gasteiger partial charge in [-0.3, -0.25) is 9.59 Å². The van der Waals surface area contributed by atoms with Gasteiger partial charge in [0.25, 0.3) is 5.91 Å². The van der Waals surface area contributed by atoms with Crippen LogP contribution in [0, 0.1) is 0 Å². The van der Waals surface area contributed by atoms with Gasteiger partial charge in [-0.2, -0.15) is 0 Å². The minimum Gasteiger partial charge on any atom is -0.456 e. The Morgan fingerprint density at radius 1 is 0.964 bits per heavy atom. The van der Waals surface area contributed by atoms with Gasteiger partial charge < -0.3 is 15.0 Å². The molecule has 6 heteroatoms. The van der Waals surface area contributed by atoms with Crippen LogP contribution in [0.15, 0.2) is 77.3 Å². The lowest BCUT2D eigenvalue weighted by Gasteiger charge is -2.15. The summed E-state index contributed by atoms with van der Waals surface area (Å²) in [5.41, 5.74) is 1.80. The molecule has 0 fully saturated rings. The number of ether oxygens (including phenoxy) is 1. The third kappa shape index (κ3) is 4.78. The molecule has 0 aliphatic rings. The van der Waals surface area contributed by atoms with Crippen LogP contribution in [-0.4, -0.2) is 18.9 Å². The molecule has 0 aromatic heterocycles. The largest absolute Gasteiger partial charge is 0.456 e. The molecule has 0 saturated heterocycles. The van der Waals surface area contributed by atoms with Crippen molar-refractivity contribution in [1.82, 2.24) is 0 Å². The fraction of sp³-hybridized carbons (Fsp3) is 0.0909. The maximum Gasteiger partial charge on any atom is 0.259 e. The molecule has 0 aliphatic carbocycles. The minimum atomic E-state index is -0.279. The molecule has 142 valence electrons. The molecular weight excluding hydrogens is 420 g/mol. The molecule has 0 unspecified atom stereocenters. The van der Waals surface area contributed by atoms with E-state index in [2.05, 4.69) is 21.2 Å². The van der Waals surface area contributed by atoms with Crippen molar-refractivity contribution in [2.45, 2.75) is 6.92 Å². The maximum atomic E-state index is 12.8. The Morgan fingerprint density at radius 3 is 2.36 bits per heavy atom. The molecule has 5 nitrogen and oxygen atoms in total. The number of para-hydroxylation sites is 1. The van der Waals surface area contributed by atoms with Gasteiger partial charge in [-0.1, -0.05) is 34.1 Å². The topological polar surface area (TPSA) is 58.6 Å². The first-order chi connectivity index (χ1) is 13.4. The Bertz CT molecular complexity index is 1000. The number of carbonyl (C=O) groups excluding carboxylic acids is 2. The molecule has 0 aliphatic heterocycles. The van der Waals surface area contributed by atoms with Gasteiger partial charge in [0.1, 0.15) is 11.5 Å². The average molecular weight is 439 g/mol. The number of halogens is 1. The summed E-state index contributed by atoms with van der Waals surface area (Å²) in [5, 5.41) is 2.86. The predicted octanol–water partition coefficient (Wildman–Crippen LogP) is 5.48. The lowest BCUT2D eigenvalue weighted by molar-refractivity contribution is -0.116. The van der Waals surface area contributed by atoms with Gasteiger partial charge in [0.15, 0.2) is 0 Å². The molecule has 3 aromatic carbocycles. The monoisotopic (exact) mass is 438 g/mol. The minimum absolute atomic E-state index is 0.0598. The van der Waals surface area contributed by atoms with Crippen molar-refractivity contribution >= 4 is 39.1 Å². The molecule has 0 radical (unpaired) electrons. The van der Waals surface area contributed by atoms with Crippen LogP contribution >= 0.6 is 15.9 Å². The zero-order valence-electron chi connectivity index (χ0n) is 15.5. The highest BCUT2D eigenvalue weighted by molar-refractivity contribution is 9.10. The molecule has 0 bridgehead atoms. The van der Waals surface area contributed by atoms with E-state index in [9.17, 15) is 9.59 Å². The highest BCUT2D eigenvalue weighted by atomic mass is 79.9. The Labute approximate surface area is 172 Å². The Balaban J connectivity index is 1.77. The number of benzene rings is 3. The van der Waals surface area contributed by atoms with Crippen LogP contribution in [0.5, 0.6) is 11.5 Å². The molecule has 0 atom stereocenters. The van der Waals surface area contributed by atoms with Gasteiger partial charge in [-0.05, 0) is 54.6 Å². The van der Waals surface area contributed by atoms with E-state index < -0.39 is 0 Å². The van der Waals surface area contributed by atoms with E-state index in [0.717, 1.165) is 10.2 Å². The van der Waals surface area contributed by atoms with Crippen molar-refractivity contribution < 1.29 is 14.3 Å². The van der Waals surface area contributed by atoms with E-state index in [0.29, 0.717) is 22.7 Å². The van der Waals surface area contributed by atoms with E-state index in [1.165, 1.54) is 11.8 Å². The summed E-state index contributed by atoms with van der Waals surface area (Å²) in [4.78, 5) is 25.7. The van der Waals surface area contributed by atoms with Crippen molar-refractivity contribution in [3.8, 4) is 11.5 Å². The van der Waals surface area contributed by atoms with Gasteiger partial charge in [-0.15, -0.1) is 0 Å². The quantitative estimate of drug-likeness (QED) is 0.573. The first kappa shape index (κ1) is 19.6. The van der Waals surface area contributed by atoms with Crippen LogP contribution < -0.4 is 15.0 Å². The van der Waals surface area contributed by atoms with E-state index >= 15 is 0 Å². The second kappa shape index (κ2) is 8.71. The molecule has 1 N–H and O–H groups in total. The van der Waals surface area contributed by atoms with Crippen molar-refractivity contribution in [2.75, 3.05) is 17.3 Å². The normalized spacial score (nSPS) is 10.2. The van der Waals surface area contributed by atoms with Crippen LogP contribution in [0.4, 0.5) is 11.4 Å². The van der Waals surface area contributed by atoms with Crippen LogP contribution in [0.2, 0.25) is 0 Å². The molecule has 3 rings (SSSR count). The first-order valence-electron chi connectivity index (χ1n) is 8.62. The molecule has 3 aromatic rings. The molecule has 2 amide bonds. The SMILES string of the molecule is CC(=O)N(C)c1ccc(NC(=O)c2ccccc2Oc2cccc(Br)c2)cc1. The molecule has 28 heavy (non-hydrogen) atoms. The zero-order chi connectivity index (χ0) is 20.1. The van der Waals surface area contributed by atoms with E-state index in [-0.39, 0.29) is 11.8 Å². The lowest BCUT2D eigenvalue weighted by atomic mass is 10.1. The Morgan fingerprint density at radius 2 is 1.68 bits per heavy atom. The summed E-state index contributed by atoms with van der Waals surface area (Å²) in [6.07, 6.45) is 0. The summed E-state index contributed by atoms with van der Waals surface area (Å²) >= 11 is 3.41. The highest BCUT2D eigenvalue weighted by Gasteiger charge is 2.14. The summed E-state index contributed by atoms with van der Waals surface area (Å²) in [6.45, 7) is 1.50. The number of rotatable bonds is 5. The van der Waals surface area contributed by atoms with Gasteiger partial charge in [-0.25, -0.2) is 0 Å². The zero-order valence-corrected chi connectivity index (χ0v) is 17.1. The number of amides is 2. The number of nitrogens with zero attached hydrogens (tertiary/aromatic N) is 1. The molecule has 0 heterocycles. The molecule has 0 spiro atoms. The highest BCUT2D eigenvalue weighted by Crippen LogP contribution is 2.28. The van der Waals surface area contributed by atoms with Crippen molar-refractivity contribution in [1.29, 1.82) is 0 Å². The van der Waals surface area contributed by atoms with E-state index in [4.69, 9.17) is 4.74 Å². The first-order valence-corrected chi connectivity index (χ1v) is 9.41. The third-order valence-corrected chi connectivity index (χ3v) is 4.63. The predicted molar refractivity (Wildman–Crippen MR) is 114 cm³/mol. The number of hydrogen-bond acceptors (Lipinski definition) is 3. The van der Waals surface area contributed by atoms with Crippen molar-refractivity contribution in [3.05, 3.63) is 82.8 Å². The number of hydrogen-bond donors (Lipinski definition) is 1. The summed E-state index contributed by atoms with van der Waals surface area (Å²) in [6, 6.07) is 21.5. The lowest BCUT2D eigenvalue weighted by Crippen LogP contribution is -2.22. The van der Waals surface area contributed by atoms with Crippen molar-refractivity contribution in [2.24, 2.45) is 0 Å². The van der Waals surface area contributed by atoms with Crippen molar-refractivity contribution in [3.63, 3.8) is 0 Å². The van der Waals surface area contributed by atoms with E-state index in [1.54, 1.807) is 49.5 Å². The van der Waals surface area contributed by atoms with E-state index in [1.807, 2.05) is 30.3 Å².